The van der Waals surface area contributed by atoms with Gasteiger partial charge in [-0.15, -0.1) is 11.3 Å². The van der Waals surface area contributed by atoms with Gasteiger partial charge >= 0.3 is 0 Å². The molecular weight excluding hydrogens is 226 g/mol. The van der Waals surface area contributed by atoms with Crippen molar-refractivity contribution in [2.24, 2.45) is 0 Å². The van der Waals surface area contributed by atoms with E-state index in [-0.39, 0.29) is 0 Å². The van der Waals surface area contributed by atoms with Crippen molar-refractivity contribution in [3.8, 4) is 10.4 Å². The summed E-state index contributed by atoms with van der Waals surface area (Å²) in [5.74, 6) is -1.58. The highest BCUT2D eigenvalue weighted by Gasteiger charge is 2.08. The van der Waals surface area contributed by atoms with E-state index in [1.165, 1.54) is 23.5 Å². The molecule has 86 valence electrons. The second-order valence-electron chi connectivity index (χ2n) is 3.06. The number of thiophene rings is 1. The number of benzene rings is 1. The quantitative estimate of drug-likeness (QED) is 0.656. The Hall–Kier alpha value is -1.22. The van der Waals surface area contributed by atoms with Crippen LogP contribution in [0.5, 0.6) is 0 Å². The summed E-state index contributed by atoms with van der Waals surface area (Å²) in [4.78, 5) is 0.960. The molecule has 0 unspecified atom stereocenters. The second-order valence-corrected chi connectivity index (χ2v) is 4.01. The highest BCUT2D eigenvalue weighted by Crippen LogP contribution is 2.29. The molecule has 3 heteroatoms. The Morgan fingerprint density at radius 3 is 2.25 bits per heavy atom. The lowest BCUT2D eigenvalue weighted by Gasteiger charge is -2.03. The van der Waals surface area contributed by atoms with Crippen molar-refractivity contribution in [2.75, 3.05) is 0 Å². The Morgan fingerprint density at radius 2 is 1.69 bits per heavy atom. The molecule has 2 rings (SSSR count). The lowest BCUT2D eigenvalue weighted by Crippen LogP contribution is -1.88. The summed E-state index contributed by atoms with van der Waals surface area (Å²) >= 11 is 1.52. The van der Waals surface area contributed by atoms with Crippen molar-refractivity contribution < 1.29 is 8.78 Å². The van der Waals surface area contributed by atoms with Crippen molar-refractivity contribution in [1.82, 2.24) is 0 Å². The van der Waals surface area contributed by atoms with Gasteiger partial charge in [-0.3, -0.25) is 0 Å². The maximum absolute atomic E-state index is 13.0. The number of hydrogen-bond donors (Lipinski definition) is 0. The van der Waals surface area contributed by atoms with Gasteiger partial charge < -0.3 is 0 Å². The molecule has 0 fully saturated rings. The van der Waals surface area contributed by atoms with Gasteiger partial charge in [-0.05, 0) is 41.6 Å². The van der Waals surface area contributed by atoms with Gasteiger partial charge in [-0.25, -0.2) is 8.78 Å². The summed E-state index contributed by atoms with van der Waals surface area (Å²) in [5.41, 5.74) is 1.52. The Labute approximate surface area is 98.6 Å². The molecule has 0 nitrogen and oxygen atoms in total. The summed E-state index contributed by atoms with van der Waals surface area (Å²) in [6, 6.07) is 6.26. The summed E-state index contributed by atoms with van der Waals surface area (Å²) in [6.07, 6.45) is 0. The van der Waals surface area contributed by atoms with Crippen molar-refractivity contribution in [1.29, 1.82) is 0 Å². The van der Waals surface area contributed by atoms with Gasteiger partial charge in [0.05, 0.1) is 0 Å². The van der Waals surface area contributed by atoms with E-state index in [0.29, 0.717) is 0 Å². The molecule has 0 amide bonds. The number of rotatable bonds is 1. The topological polar surface area (TPSA) is 0 Å². The third-order valence-electron chi connectivity index (χ3n) is 2.05. The minimum absolute atomic E-state index is 0.756. The van der Waals surface area contributed by atoms with E-state index < -0.39 is 11.6 Å². The van der Waals surface area contributed by atoms with Crippen LogP contribution in [0.3, 0.4) is 0 Å². The van der Waals surface area contributed by atoms with Crippen LogP contribution in [-0.4, -0.2) is 0 Å². The monoisotopic (exact) mass is 240 g/mol. The summed E-state index contributed by atoms with van der Waals surface area (Å²) in [6.45, 7) is 5.78. The van der Waals surface area contributed by atoms with Crippen molar-refractivity contribution in [3.63, 3.8) is 0 Å². The van der Waals surface area contributed by atoms with Crippen LogP contribution in [0.2, 0.25) is 0 Å². The maximum atomic E-state index is 13.0. The van der Waals surface area contributed by atoms with Gasteiger partial charge in [-0.2, -0.15) is 0 Å². The molecule has 0 aliphatic rings. The smallest absolute Gasteiger partial charge is 0.159 e. The molecule has 0 bridgehead atoms. The number of hydrogen-bond acceptors (Lipinski definition) is 1. The molecule has 2 aromatic rings. The number of aryl methyl sites for hydroxylation is 1. The van der Waals surface area contributed by atoms with E-state index in [1.807, 2.05) is 31.4 Å². The van der Waals surface area contributed by atoms with Gasteiger partial charge in [0.15, 0.2) is 11.6 Å². The number of halogens is 2. The lowest BCUT2D eigenvalue weighted by atomic mass is 10.1. The zero-order valence-corrected chi connectivity index (χ0v) is 10.4. The van der Waals surface area contributed by atoms with Crippen molar-refractivity contribution in [3.05, 3.63) is 46.8 Å². The van der Waals surface area contributed by atoms with Crippen LogP contribution in [0.15, 0.2) is 29.6 Å². The van der Waals surface area contributed by atoms with Crippen LogP contribution in [0, 0.1) is 18.6 Å². The van der Waals surface area contributed by atoms with E-state index in [1.54, 1.807) is 6.92 Å². The molecule has 0 aliphatic heterocycles. The standard InChI is InChI=1S/C11H8F2S.C2H6/c1-7-5-9(12)10(13)6-8(7)11-3-2-4-14-11;1-2/h2-6H,1H3;1-2H3. The summed E-state index contributed by atoms with van der Waals surface area (Å²) in [5, 5.41) is 1.91. The van der Waals surface area contributed by atoms with Gasteiger partial charge in [-0.1, -0.05) is 19.9 Å². The average molecular weight is 240 g/mol. The third kappa shape index (κ3) is 2.67. The first-order valence-corrected chi connectivity index (χ1v) is 6.06. The van der Waals surface area contributed by atoms with E-state index >= 15 is 0 Å². The molecule has 0 aliphatic carbocycles. The van der Waals surface area contributed by atoms with Crippen molar-refractivity contribution in [2.45, 2.75) is 20.8 Å². The van der Waals surface area contributed by atoms with Crippen LogP contribution in [-0.2, 0) is 0 Å². The maximum Gasteiger partial charge on any atom is 0.159 e. The van der Waals surface area contributed by atoms with Crippen LogP contribution >= 0.6 is 11.3 Å². The van der Waals surface area contributed by atoms with Gasteiger partial charge in [0, 0.05) is 4.88 Å². The largest absolute Gasteiger partial charge is 0.204 e. The zero-order valence-electron chi connectivity index (χ0n) is 9.55. The Bertz CT molecular complexity index is 447. The predicted molar refractivity (Wildman–Crippen MR) is 65.8 cm³/mol. The molecule has 1 aromatic carbocycles. The molecule has 16 heavy (non-hydrogen) atoms. The van der Waals surface area contributed by atoms with E-state index in [4.69, 9.17) is 0 Å². The first kappa shape index (κ1) is 12.8. The normalized spacial score (nSPS) is 9.56. The van der Waals surface area contributed by atoms with E-state index in [2.05, 4.69) is 0 Å². The van der Waals surface area contributed by atoms with Crippen molar-refractivity contribution >= 4 is 11.3 Å². The third-order valence-corrected chi connectivity index (χ3v) is 2.96. The Kier molecular flexibility index (Phi) is 4.62. The van der Waals surface area contributed by atoms with Crippen LogP contribution in [0.1, 0.15) is 19.4 Å². The molecule has 1 aromatic heterocycles. The van der Waals surface area contributed by atoms with Crippen LogP contribution < -0.4 is 0 Å². The average Bonchev–Trinajstić information content (AvgIpc) is 2.79. The lowest BCUT2D eigenvalue weighted by molar-refractivity contribution is 0.508. The van der Waals surface area contributed by atoms with Gasteiger partial charge in [0.25, 0.3) is 0 Å². The summed E-state index contributed by atoms with van der Waals surface area (Å²) < 4.78 is 25.8. The molecular formula is C13H14F2S. The molecule has 1 heterocycles. The van der Waals surface area contributed by atoms with Crippen LogP contribution in [0.4, 0.5) is 8.78 Å². The SMILES string of the molecule is CC.Cc1cc(F)c(F)cc1-c1cccs1. The fourth-order valence-electron chi connectivity index (χ4n) is 1.34. The highest BCUT2D eigenvalue weighted by molar-refractivity contribution is 7.13. The molecule has 0 atom stereocenters. The van der Waals surface area contributed by atoms with E-state index in [9.17, 15) is 8.78 Å². The fraction of sp³-hybridized carbons (Fsp3) is 0.231. The Balaban J connectivity index is 0.000000606. The highest BCUT2D eigenvalue weighted by atomic mass is 32.1. The molecule has 0 N–H and O–H groups in total. The van der Waals surface area contributed by atoms with Crippen LogP contribution in [0.25, 0.3) is 10.4 Å². The minimum Gasteiger partial charge on any atom is -0.204 e. The van der Waals surface area contributed by atoms with Gasteiger partial charge in [0.1, 0.15) is 0 Å². The Morgan fingerprint density at radius 1 is 1.06 bits per heavy atom. The molecule has 0 spiro atoms. The minimum atomic E-state index is -0.793. The first-order valence-electron chi connectivity index (χ1n) is 5.18. The molecule has 0 saturated heterocycles. The fourth-order valence-corrected chi connectivity index (χ4v) is 2.15. The zero-order chi connectivity index (χ0) is 12.1. The molecule has 0 saturated carbocycles. The predicted octanol–water partition coefficient (Wildman–Crippen LogP) is 5.03. The first-order chi connectivity index (χ1) is 7.68. The second kappa shape index (κ2) is 5.75. The molecule has 0 radical (unpaired) electrons. The van der Waals surface area contributed by atoms with Gasteiger partial charge in [0.2, 0.25) is 0 Å². The summed E-state index contributed by atoms with van der Waals surface area (Å²) in [7, 11) is 0. The van der Waals surface area contributed by atoms with E-state index in [0.717, 1.165) is 16.0 Å².